The summed E-state index contributed by atoms with van der Waals surface area (Å²) in [5.74, 6) is 1.91. The van der Waals surface area contributed by atoms with Crippen molar-refractivity contribution in [2.75, 3.05) is 0 Å². The third-order valence-corrected chi connectivity index (χ3v) is 10.3. The molecule has 0 heterocycles. The van der Waals surface area contributed by atoms with Crippen molar-refractivity contribution >= 4 is 11.8 Å². The molecule has 29 heavy (non-hydrogen) atoms. The van der Waals surface area contributed by atoms with Crippen LogP contribution < -0.4 is 0 Å². The van der Waals surface area contributed by atoms with Crippen molar-refractivity contribution in [3.05, 3.63) is 0 Å². The highest BCUT2D eigenvalue weighted by molar-refractivity contribution is 5.87. The van der Waals surface area contributed by atoms with E-state index < -0.39 is 5.97 Å². The second kappa shape index (κ2) is 7.66. The van der Waals surface area contributed by atoms with E-state index in [4.69, 9.17) is 5.11 Å². The highest BCUT2D eigenvalue weighted by Gasteiger charge is 2.65. The number of carboxylic acid groups (broad SMARTS) is 1. The van der Waals surface area contributed by atoms with E-state index in [0.29, 0.717) is 48.2 Å². The topological polar surface area (TPSA) is 74.6 Å². The molecule has 4 aliphatic carbocycles. The van der Waals surface area contributed by atoms with Crippen LogP contribution in [0.15, 0.2) is 0 Å². The van der Waals surface area contributed by atoms with Gasteiger partial charge in [-0.2, -0.15) is 0 Å². The van der Waals surface area contributed by atoms with Gasteiger partial charge in [0.15, 0.2) is 0 Å². The summed E-state index contributed by atoms with van der Waals surface area (Å²) in [5.41, 5.74) is -0.104. The van der Waals surface area contributed by atoms with Crippen LogP contribution in [0.5, 0.6) is 0 Å². The number of aliphatic hydroxyl groups excluding tert-OH is 1. The van der Waals surface area contributed by atoms with Crippen LogP contribution >= 0.6 is 0 Å². The lowest BCUT2D eigenvalue weighted by molar-refractivity contribution is -0.176. The summed E-state index contributed by atoms with van der Waals surface area (Å²) in [6.07, 6.45) is 10.2. The Bertz CT molecular complexity index is 659. The fourth-order valence-electron chi connectivity index (χ4n) is 8.69. The van der Waals surface area contributed by atoms with E-state index in [-0.39, 0.29) is 29.3 Å². The highest BCUT2D eigenvalue weighted by Crippen LogP contribution is 2.67. The molecule has 4 nitrogen and oxygen atoms in total. The van der Waals surface area contributed by atoms with Crippen molar-refractivity contribution < 1.29 is 19.8 Å². The summed E-state index contributed by atoms with van der Waals surface area (Å²) < 4.78 is 0. The number of carbonyl (C=O) groups excluding carboxylic acids is 1. The zero-order valence-electron chi connectivity index (χ0n) is 18.5. The molecule has 0 aromatic heterocycles. The van der Waals surface area contributed by atoms with E-state index in [2.05, 4.69) is 20.8 Å². The lowest BCUT2D eigenvalue weighted by Gasteiger charge is -2.61. The second-order valence-electron chi connectivity index (χ2n) is 11.4. The average Bonchev–Trinajstić information content (AvgIpc) is 3.01. The Kier molecular flexibility index (Phi) is 5.63. The molecular weight excluding hydrogens is 364 g/mol. The molecule has 4 rings (SSSR count). The van der Waals surface area contributed by atoms with Crippen LogP contribution in [0.25, 0.3) is 0 Å². The van der Waals surface area contributed by atoms with Gasteiger partial charge in [0.2, 0.25) is 0 Å². The van der Waals surface area contributed by atoms with Crippen molar-refractivity contribution in [1.29, 1.82) is 0 Å². The zero-order valence-corrected chi connectivity index (χ0v) is 18.5. The van der Waals surface area contributed by atoms with Crippen LogP contribution in [0.4, 0.5) is 0 Å². The van der Waals surface area contributed by atoms with Crippen molar-refractivity contribution in [1.82, 2.24) is 0 Å². The number of carboxylic acids is 1. The van der Waals surface area contributed by atoms with Gasteiger partial charge in [0.25, 0.3) is 0 Å². The van der Waals surface area contributed by atoms with Crippen LogP contribution in [-0.2, 0) is 9.59 Å². The van der Waals surface area contributed by atoms with Gasteiger partial charge in [-0.05, 0) is 85.9 Å². The SMILES string of the molecule is C[C@H](CCCC(=O)O)[C@H]1CC[C@H]2[C@@H]3[C@H](O)C[C@@H]4CCCC[C@]4(C)[C@H]3CC(=O)[C@]12C. The Labute approximate surface area is 175 Å². The van der Waals surface area contributed by atoms with Gasteiger partial charge in [0.05, 0.1) is 6.10 Å². The van der Waals surface area contributed by atoms with Crippen molar-refractivity contribution in [2.24, 2.45) is 46.3 Å². The average molecular weight is 405 g/mol. The molecule has 9 atom stereocenters. The molecular formula is C25H40O4. The summed E-state index contributed by atoms with van der Waals surface area (Å²) in [7, 11) is 0. The summed E-state index contributed by atoms with van der Waals surface area (Å²) in [4.78, 5) is 24.6. The summed E-state index contributed by atoms with van der Waals surface area (Å²) >= 11 is 0. The monoisotopic (exact) mass is 404 g/mol. The third kappa shape index (κ3) is 3.28. The minimum Gasteiger partial charge on any atom is -0.481 e. The number of hydrogen-bond donors (Lipinski definition) is 2. The number of aliphatic hydroxyl groups is 1. The van der Waals surface area contributed by atoms with Crippen LogP contribution in [0.1, 0.15) is 91.4 Å². The standard InChI is InChI=1S/C25H40O4/c1-15(7-6-9-22(28)29)17-10-11-18-23-19(14-21(27)25(17,18)3)24(2)12-5-4-8-16(24)13-20(23)26/h15-20,23,26H,4-14H2,1-3H3,(H,28,29)/t15-,16+,17-,18+,19+,20-,23+,24+,25-/m1/s1. The molecule has 0 spiro atoms. The first-order valence-corrected chi connectivity index (χ1v) is 12.1. The predicted molar refractivity (Wildman–Crippen MR) is 112 cm³/mol. The van der Waals surface area contributed by atoms with Crippen molar-refractivity contribution in [2.45, 2.75) is 97.5 Å². The van der Waals surface area contributed by atoms with Crippen molar-refractivity contribution in [3.63, 3.8) is 0 Å². The molecule has 0 unspecified atom stereocenters. The summed E-state index contributed by atoms with van der Waals surface area (Å²) in [6.45, 7) is 6.84. The number of hydrogen-bond acceptors (Lipinski definition) is 3. The lowest BCUT2D eigenvalue weighted by Crippen LogP contribution is -2.60. The van der Waals surface area contributed by atoms with Gasteiger partial charge in [0, 0.05) is 18.3 Å². The largest absolute Gasteiger partial charge is 0.481 e. The van der Waals surface area contributed by atoms with Crippen LogP contribution in [-0.4, -0.2) is 28.1 Å². The molecule has 4 aliphatic rings. The number of carbonyl (C=O) groups is 2. The number of aliphatic carboxylic acids is 1. The first-order chi connectivity index (χ1) is 13.7. The molecule has 0 saturated heterocycles. The van der Waals surface area contributed by atoms with E-state index in [0.717, 1.165) is 25.7 Å². The van der Waals surface area contributed by atoms with E-state index in [1.54, 1.807) is 0 Å². The van der Waals surface area contributed by atoms with Gasteiger partial charge in [0.1, 0.15) is 5.78 Å². The molecule has 0 amide bonds. The lowest BCUT2D eigenvalue weighted by atomic mass is 9.43. The van der Waals surface area contributed by atoms with E-state index in [9.17, 15) is 14.7 Å². The highest BCUT2D eigenvalue weighted by atomic mass is 16.4. The molecule has 0 aromatic carbocycles. The molecule has 164 valence electrons. The van der Waals surface area contributed by atoms with Crippen LogP contribution in [0.3, 0.4) is 0 Å². The Morgan fingerprint density at radius 3 is 2.66 bits per heavy atom. The zero-order chi connectivity index (χ0) is 21.0. The minimum absolute atomic E-state index is 0.217. The van der Waals surface area contributed by atoms with E-state index >= 15 is 0 Å². The Hall–Kier alpha value is -0.900. The Morgan fingerprint density at radius 1 is 1.17 bits per heavy atom. The molecule has 4 saturated carbocycles. The maximum atomic E-state index is 13.7. The molecule has 0 bridgehead atoms. The molecule has 0 aromatic rings. The van der Waals surface area contributed by atoms with Crippen LogP contribution in [0.2, 0.25) is 0 Å². The summed E-state index contributed by atoms with van der Waals surface area (Å²) in [5, 5.41) is 20.2. The van der Waals surface area contributed by atoms with Gasteiger partial charge >= 0.3 is 5.97 Å². The quantitative estimate of drug-likeness (QED) is 0.670. The number of ketones is 1. The third-order valence-electron chi connectivity index (χ3n) is 10.3. The van der Waals surface area contributed by atoms with Gasteiger partial charge in [-0.1, -0.05) is 33.6 Å². The second-order valence-corrected chi connectivity index (χ2v) is 11.4. The molecule has 4 heteroatoms. The van der Waals surface area contributed by atoms with Crippen molar-refractivity contribution in [3.8, 4) is 0 Å². The predicted octanol–water partition coefficient (Wildman–Crippen LogP) is 5.08. The Balaban J connectivity index is 1.57. The fraction of sp³-hybridized carbons (Fsp3) is 0.920. The minimum atomic E-state index is -0.732. The Morgan fingerprint density at radius 2 is 1.93 bits per heavy atom. The molecule has 0 radical (unpaired) electrons. The normalized spacial score (nSPS) is 47.8. The van der Waals surface area contributed by atoms with Crippen LogP contribution in [0, 0.1) is 46.3 Å². The fourth-order valence-corrected chi connectivity index (χ4v) is 8.69. The smallest absolute Gasteiger partial charge is 0.303 e. The number of fused-ring (bicyclic) bond motifs is 5. The maximum Gasteiger partial charge on any atom is 0.303 e. The molecule has 4 fully saturated rings. The number of Topliss-reactive ketones (excluding diaryl/α,β-unsaturated/α-hetero) is 1. The van der Waals surface area contributed by atoms with Gasteiger partial charge < -0.3 is 10.2 Å². The first-order valence-electron chi connectivity index (χ1n) is 12.1. The maximum absolute atomic E-state index is 13.7. The van der Waals surface area contributed by atoms with Gasteiger partial charge in [-0.25, -0.2) is 0 Å². The summed E-state index contributed by atoms with van der Waals surface area (Å²) in [6, 6.07) is 0. The van der Waals surface area contributed by atoms with Gasteiger partial charge in [-0.15, -0.1) is 0 Å². The molecule has 2 N–H and O–H groups in total. The first kappa shape index (κ1) is 21.3. The van der Waals surface area contributed by atoms with Gasteiger partial charge in [-0.3, -0.25) is 9.59 Å². The molecule has 0 aliphatic heterocycles. The van der Waals surface area contributed by atoms with E-state index in [1.807, 2.05) is 0 Å². The number of rotatable bonds is 5. The van der Waals surface area contributed by atoms with E-state index in [1.165, 1.54) is 25.7 Å².